The van der Waals surface area contributed by atoms with Crippen molar-refractivity contribution in [1.29, 1.82) is 5.26 Å². The van der Waals surface area contributed by atoms with Gasteiger partial charge >= 0.3 is 0 Å². The highest BCUT2D eigenvalue weighted by molar-refractivity contribution is 5.92. The Labute approximate surface area is 253 Å². The van der Waals surface area contributed by atoms with Gasteiger partial charge in [0.15, 0.2) is 5.78 Å². The summed E-state index contributed by atoms with van der Waals surface area (Å²) in [6.07, 6.45) is 8.55. The van der Waals surface area contributed by atoms with E-state index in [0.717, 1.165) is 18.0 Å². The number of Topliss-reactive ketones (excluding diaryl/α,β-unsaturated/α-hetero) is 1. The molecule has 2 aliphatic rings. The minimum atomic E-state index is -0.695. The average molecular weight is 593 g/mol. The van der Waals surface area contributed by atoms with E-state index < -0.39 is 17.7 Å². The van der Waals surface area contributed by atoms with Crippen LogP contribution in [0.4, 0.5) is 20.2 Å². The molecule has 1 amide bonds. The zero-order valence-electron chi connectivity index (χ0n) is 25.7. The molecule has 0 spiro atoms. The lowest BCUT2D eigenvalue weighted by Crippen LogP contribution is -2.47. The molecule has 2 heterocycles. The molecule has 0 aliphatic carbocycles. The Hall–Kier alpha value is -4.23. The topological polar surface area (TPSA) is 106 Å². The molecule has 0 saturated carbocycles. The second-order valence-electron chi connectivity index (χ2n) is 11.0. The number of allylic oxidation sites excluding steroid dienone is 2. The maximum atomic E-state index is 15.3. The van der Waals surface area contributed by atoms with Crippen molar-refractivity contribution in [2.75, 3.05) is 36.6 Å². The van der Waals surface area contributed by atoms with Crippen LogP contribution in [0.2, 0.25) is 0 Å². The van der Waals surface area contributed by atoms with E-state index in [-0.39, 0.29) is 29.5 Å². The third-order valence-electron chi connectivity index (χ3n) is 7.86. The second kappa shape index (κ2) is 15.3. The van der Waals surface area contributed by atoms with Crippen molar-refractivity contribution in [1.82, 2.24) is 10.3 Å². The molecule has 2 aromatic rings. The van der Waals surface area contributed by atoms with Gasteiger partial charge in [0.25, 0.3) is 0 Å². The van der Waals surface area contributed by atoms with Gasteiger partial charge < -0.3 is 16.0 Å². The Morgan fingerprint density at radius 1 is 1.23 bits per heavy atom. The van der Waals surface area contributed by atoms with Gasteiger partial charge in [0.2, 0.25) is 5.91 Å². The van der Waals surface area contributed by atoms with Crippen molar-refractivity contribution in [3.05, 3.63) is 77.0 Å². The van der Waals surface area contributed by atoms with E-state index in [1.54, 1.807) is 47.3 Å². The lowest BCUT2D eigenvalue weighted by molar-refractivity contribution is -0.121. The van der Waals surface area contributed by atoms with Crippen molar-refractivity contribution < 1.29 is 18.4 Å². The van der Waals surface area contributed by atoms with Crippen LogP contribution in [0.3, 0.4) is 0 Å². The molecule has 2 aromatic carbocycles. The maximum absolute atomic E-state index is 15.3. The SMILES string of the molecule is C/C=C(/N)CCCC(C)CC.CC(=O)C1C=C(c2ccc(C#N)c(F)c2)N(c2ccc(N3CCNC(=O)C3)cc2F)N1C. The van der Waals surface area contributed by atoms with Crippen LogP contribution in [0.15, 0.2) is 54.2 Å². The molecule has 0 aromatic heterocycles. The number of anilines is 2. The van der Waals surface area contributed by atoms with Crippen LogP contribution in [-0.4, -0.2) is 49.4 Å². The predicted molar refractivity (Wildman–Crippen MR) is 167 cm³/mol. The minimum Gasteiger partial charge on any atom is -0.402 e. The van der Waals surface area contributed by atoms with Gasteiger partial charge in [-0.2, -0.15) is 5.26 Å². The van der Waals surface area contributed by atoms with Crippen LogP contribution >= 0.6 is 0 Å². The molecule has 230 valence electrons. The van der Waals surface area contributed by atoms with Crippen LogP contribution < -0.4 is 21.0 Å². The molecule has 10 heteroatoms. The van der Waals surface area contributed by atoms with E-state index >= 15 is 4.39 Å². The van der Waals surface area contributed by atoms with Crippen molar-refractivity contribution >= 4 is 28.8 Å². The summed E-state index contributed by atoms with van der Waals surface area (Å²) in [5.74, 6) is -0.668. The minimum absolute atomic E-state index is 0.100. The van der Waals surface area contributed by atoms with Gasteiger partial charge in [0.1, 0.15) is 23.7 Å². The number of amides is 1. The molecule has 1 fully saturated rings. The highest BCUT2D eigenvalue weighted by atomic mass is 19.1. The standard InChI is InChI=1S/C23H21F2N5O2.C10H21N/c1-14(31)21-11-22(15-3-4-16(12-26)18(24)9-15)30(28(21)2)20-6-5-17(10-19(20)25)29-8-7-27-23(32)13-29;1-4-9(3)7-6-8-10(11)5-2/h3-6,9-11,21H,7-8,13H2,1-2H3,(H,27,32);5,9H,4,6-8,11H2,1-3H3/b;10-5+. The Balaban J connectivity index is 0.000000393. The molecule has 1 saturated heterocycles. The number of hydrogen-bond donors (Lipinski definition) is 2. The van der Waals surface area contributed by atoms with E-state index in [0.29, 0.717) is 30.0 Å². The number of benzene rings is 2. The second-order valence-corrected chi connectivity index (χ2v) is 11.0. The molecule has 0 bridgehead atoms. The fourth-order valence-electron chi connectivity index (χ4n) is 5.01. The van der Waals surface area contributed by atoms with Gasteiger partial charge in [-0.05, 0) is 69.0 Å². The van der Waals surface area contributed by atoms with Gasteiger partial charge in [-0.15, -0.1) is 0 Å². The molecule has 2 unspecified atom stereocenters. The molecule has 3 N–H and O–H groups in total. The van der Waals surface area contributed by atoms with Crippen molar-refractivity contribution in [2.45, 2.75) is 59.4 Å². The first-order valence-corrected chi connectivity index (χ1v) is 14.7. The average Bonchev–Trinajstić information content (AvgIpc) is 3.34. The summed E-state index contributed by atoms with van der Waals surface area (Å²) >= 11 is 0. The summed E-state index contributed by atoms with van der Waals surface area (Å²) in [4.78, 5) is 25.6. The predicted octanol–water partition coefficient (Wildman–Crippen LogP) is 5.50. The van der Waals surface area contributed by atoms with Crippen LogP contribution in [0.1, 0.15) is 64.5 Å². The van der Waals surface area contributed by atoms with Crippen LogP contribution in [0.25, 0.3) is 5.70 Å². The summed E-state index contributed by atoms with van der Waals surface area (Å²) in [5.41, 5.74) is 8.19. The van der Waals surface area contributed by atoms with E-state index in [2.05, 4.69) is 19.2 Å². The summed E-state index contributed by atoms with van der Waals surface area (Å²) in [6.45, 7) is 9.16. The molecule has 4 rings (SSSR count). The van der Waals surface area contributed by atoms with Gasteiger partial charge in [0, 0.05) is 37.1 Å². The number of rotatable bonds is 9. The number of carbonyl (C=O) groups excluding carboxylic acids is 2. The summed E-state index contributed by atoms with van der Waals surface area (Å²) < 4.78 is 29.6. The smallest absolute Gasteiger partial charge is 0.239 e. The number of nitriles is 1. The summed E-state index contributed by atoms with van der Waals surface area (Å²) in [6, 6.07) is 9.87. The first-order chi connectivity index (χ1) is 20.5. The lowest BCUT2D eigenvalue weighted by atomic mass is 10.0. The number of nitrogens with zero attached hydrogens (tertiary/aromatic N) is 4. The Bertz CT molecular complexity index is 1420. The Morgan fingerprint density at radius 2 is 1.98 bits per heavy atom. The molecule has 2 atom stereocenters. The number of hydrazine groups is 1. The van der Waals surface area contributed by atoms with Gasteiger partial charge in [-0.3, -0.25) is 14.6 Å². The first kappa shape index (κ1) is 33.3. The summed E-state index contributed by atoms with van der Waals surface area (Å²) in [5, 5.41) is 14.8. The van der Waals surface area contributed by atoms with E-state index in [1.807, 2.05) is 13.0 Å². The highest BCUT2D eigenvalue weighted by Crippen LogP contribution is 2.37. The van der Waals surface area contributed by atoms with Crippen molar-refractivity contribution in [2.24, 2.45) is 11.7 Å². The number of nitrogens with two attached hydrogens (primary N) is 1. The van der Waals surface area contributed by atoms with E-state index in [1.165, 1.54) is 49.4 Å². The number of halogens is 2. The van der Waals surface area contributed by atoms with E-state index in [4.69, 9.17) is 11.0 Å². The maximum Gasteiger partial charge on any atom is 0.239 e. The zero-order chi connectivity index (χ0) is 31.7. The normalized spacial score (nSPS) is 17.9. The van der Waals surface area contributed by atoms with Gasteiger partial charge in [0.05, 0.1) is 23.5 Å². The number of ketones is 1. The number of carbonyl (C=O) groups is 2. The number of nitrogens with one attached hydrogen (secondary N) is 1. The number of likely N-dealkylation sites (N-methyl/N-ethyl adjacent to an activating group) is 1. The quantitative estimate of drug-likeness (QED) is 0.396. The van der Waals surface area contributed by atoms with Crippen molar-refractivity contribution in [3.8, 4) is 6.07 Å². The number of piperazine rings is 1. The third-order valence-corrected chi connectivity index (χ3v) is 7.86. The summed E-state index contributed by atoms with van der Waals surface area (Å²) in [7, 11) is 1.65. The molecular formula is C33H42F2N6O2. The molecular weight excluding hydrogens is 550 g/mol. The zero-order valence-corrected chi connectivity index (χ0v) is 25.7. The third kappa shape index (κ3) is 8.42. The Morgan fingerprint density at radius 3 is 2.56 bits per heavy atom. The largest absolute Gasteiger partial charge is 0.402 e. The molecule has 2 aliphatic heterocycles. The van der Waals surface area contributed by atoms with Gasteiger partial charge in [-0.25, -0.2) is 13.8 Å². The molecule has 43 heavy (non-hydrogen) atoms. The monoisotopic (exact) mass is 592 g/mol. The van der Waals surface area contributed by atoms with Crippen LogP contribution in [0.5, 0.6) is 0 Å². The van der Waals surface area contributed by atoms with Crippen LogP contribution in [0, 0.1) is 28.9 Å². The van der Waals surface area contributed by atoms with E-state index in [9.17, 15) is 14.0 Å². The first-order valence-electron chi connectivity index (χ1n) is 14.7. The fraction of sp³-hybridized carbons (Fsp3) is 0.424. The Kier molecular flexibility index (Phi) is 11.8. The van der Waals surface area contributed by atoms with Crippen LogP contribution in [-0.2, 0) is 9.59 Å². The molecule has 0 radical (unpaired) electrons. The lowest BCUT2D eigenvalue weighted by Gasteiger charge is -2.33. The fourth-order valence-corrected chi connectivity index (χ4v) is 5.01. The highest BCUT2D eigenvalue weighted by Gasteiger charge is 2.35. The van der Waals surface area contributed by atoms with Gasteiger partial charge in [-0.1, -0.05) is 38.8 Å². The van der Waals surface area contributed by atoms with Crippen molar-refractivity contribution in [3.63, 3.8) is 0 Å². The molecule has 8 nitrogen and oxygen atoms in total. The number of hydrogen-bond acceptors (Lipinski definition) is 7.